The van der Waals surface area contributed by atoms with E-state index in [1.807, 2.05) is 36.4 Å². The van der Waals surface area contributed by atoms with Crippen molar-refractivity contribution in [3.63, 3.8) is 0 Å². The Kier molecular flexibility index (Phi) is 4.21. The van der Waals surface area contributed by atoms with Gasteiger partial charge in [-0.25, -0.2) is 0 Å². The van der Waals surface area contributed by atoms with Gasteiger partial charge in [0, 0.05) is 24.8 Å². The predicted molar refractivity (Wildman–Crippen MR) is 103 cm³/mol. The van der Waals surface area contributed by atoms with Crippen molar-refractivity contribution in [2.75, 3.05) is 6.54 Å². The number of nitrogens with zero attached hydrogens (tertiary/aromatic N) is 1. The zero-order valence-corrected chi connectivity index (χ0v) is 14.0. The lowest BCUT2D eigenvalue weighted by atomic mass is 10.0. The number of benzene rings is 3. The van der Waals surface area contributed by atoms with E-state index in [9.17, 15) is 4.79 Å². The summed E-state index contributed by atoms with van der Waals surface area (Å²) >= 11 is 0. The van der Waals surface area contributed by atoms with Crippen LogP contribution in [-0.2, 0) is 17.8 Å². The molecule has 0 saturated heterocycles. The molecule has 1 aromatic heterocycles. The molecule has 0 aliphatic carbocycles. The van der Waals surface area contributed by atoms with Crippen LogP contribution in [0.25, 0.3) is 21.7 Å². The van der Waals surface area contributed by atoms with Gasteiger partial charge < -0.3 is 9.88 Å². The quantitative estimate of drug-likeness (QED) is 0.586. The number of carbonyl (C=O) groups excluding carboxylic acids is 1. The first-order valence-corrected chi connectivity index (χ1v) is 8.58. The molecule has 3 aromatic carbocycles. The van der Waals surface area contributed by atoms with Crippen LogP contribution in [0.2, 0.25) is 0 Å². The fraction of sp³-hybridized carbons (Fsp3) is 0.136. The standard InChI is InChI=1S/C22H20N2O/c25-22(16-19-9-5-8-17-6-1-3-10-20(17)19)23-13-15-24-14-12-18-7-2-4-11-21(18)24/h1-12,14H,13,15-16H2,(H,23,25). The molecule has 1 amide bonds. The van der Waals surface area contributed by atoms with Gasteiger partial charge in [-0.2, -0.15) is 0 Å². The van der Waals surface area contributed by atoms with E-state index >= 15 is 0 Å². The summed E-state index contributed by atoms with van der Waals surface area (Å²) in [5, 5.41) is 6.59. The number of amides is 1. The number of para-hydroxylation sites is 1. The zero-order valence-electron chi connectivity index (χ0n) is 14.0. The molecule has 3 heteroatoms. The average Bonchev–Trinajstić information content (AvgIpc) is 3.05. The van der Waals surface area contributed by atoms with Crippen LogP contribution in [0.4, 0.5) is 0 Å². The van der Waals surface area contributed by atoms with Crippen LogP contribution in [0.5, 0.6) is 0 Å². The van der Waals surface area contributed by atoms with Gasteiger partial charge in [0.15, 0.2) is 0 Å². The molecule has 0 atom stereocenters. The maximum Gasteiger partial charge on any atom is 0.224 e. The number of hydrogen-bond donors (Lipinski definition) is 1. The first kappa shape index (κ1) is 15.5. The lowest BCUT2D eigenvalue weighted by Gasteiger charge is -2.09. The molecule has 0 bridgehead atoms. The van der Waals surface area contributed by atoms with E-state index in [2.05, 4.69) is 52.5 Å². The molecule has 0 fully saturated rings. The Balaban J connectivity index is 1.39. The van der Waals surface area contributed by atoms with Crippen LogP contribution in [-0.4, -0.2) is 17.0 Å². The number of carbonyl (C=O) groups is 1. The van der Waals surface area contributed by atoms with Gasteiger partial charge in [0.05, 0.1) is 6.42 Å². The summed E-state index contributed by atoms with van der Waals surface area (Å²) in [4.78, 5) is 12.3. The second kappa shape index (κ2) is 6.81. The summed E-state index contributed by atoms with van der Waals surface area (Å²) in [6, 6.07) is 24.7. The lowest BCUT2D eigenvalue weighted by molar-refractivity contribution is -0.120. The maximum absolute atomic E-state index is 12.3. The monoisotopic (exact) mass is 328 g/mol. The van der Waals surface area contributed by atoms with Crippen LogP contribution >= 0.6 is 0 Å². The Morgan fingerprint density at radius 2 is 1.60 bits per heavy atom. The van der Waals surface area contributed by atoms with E-state index < -0.39 is 0 Å². The topological polar surface area (TPSA) is 34.0 Å². The predicted octanol–water partition coefficient (Wildman–Crippen LogP) is 4.15. The number of nitrogens with one attached hydrogen (secondary N) is 1. The Hall–Kier alpha value is -3.07. The molecule has 0 radical (unpaired) electrons. The molecule has 0 spiro atoms. The first-order chi connectivity index (χ1) is 12.3. The summed E-state index contributed by atoms with van der Waals surface area (Å²) in [5.41, 5.74) is 2.27. The summed E-state index contributed by atoms with van der Waals surface area (Å²) in [6.45, 7) is 1.40. The van der Waals surface area contributed by atoms with Crippen LogP contribution in [0.1, 0.15) is 5.56 Å². The summed E-state index contributed by atoms with van der Waals surface area (Å²) in [5.74, 6) is 0.0628. The molecule has 0 saturated carbocycles. The smallest absolute Gasteiger partial charge is 0.224 e. The summed E-state index contributed by atoms with van der Waals surface area (Å²) in [7, 11) is 0. The van der Waals surface area contributed by atoms with Crippen LogP contribution < -0.4 is 5.32 Å². The number of aromatic nitrogens is 1. The molecule has 124 valence electrons. The van der Waals surface area contributed by atoms with Crippen LogP contribution in [0.15, 0.2) is 79.0 Å². The normalized spacial score (nSPS) is 11.0. The molecule has 0 unspecified atom stereocenters. The van der Waals surface area contributed by atoms with Crippen LogP contribution in [0.3, 0.4) is 0 Å². The Bertz CT molecular complexity index is 1030. The van der Waals surface area contributed by atoms with Crippen molar-refractivity contribution in [3.05, 3.63) is 84.6 Å². The van der Waals surface area contributed by atoms with E-state index in [1.54, 1.807) is 0 Å². The number of rotatable bonds is 5. The zero-order chi connectivity index (χ0) is 17.1. The maximum atomic E-state index is 12.3. The Morgan fingerprint density at radius 1 is 0.840 bits per heavy atom. The molecule has 4 rings (SSSR count). The second-order valence-corrected chi connectivity index (χ2v) is 6.23. The molecule has 1 N–H and O–H groups in total. The largest absolute Gasteiger partial charge is 0.354 e. The summed E-state index contributed by atoms with van der Waals surface area (Å²) < 4.78 is 2.17. The van der Waals surface area contributed by atoms with Crippen molar-refractivity contribution in [1.82, 2.24) is 9.88 Å². The third-order valence-corrected chi connectivity index (χ3v) is 4.59. The molecular formula is C22H20N2O. The van der Waals surface area contributed by atoms with Gasteiger partial charge in [-0.15, -0.1) is 0 Å². The minimum atomic E-state index is 0.0628. The summed E-state index contributed by atoms with van der Waals surface area (Å²) in [6.07, 6.45) is 2.48. The third-order valence-electron chi connectivity index (χ3n) is 4.59. The van der Waals surface area contributed by atoms with Gasteiger partial charge in [-0.3, -0.25) is 4.79 Å². The SMILES string of the molecule is O=C(Cc1cccc2ccccc12)NCCn1ccc2ccccc21. The molecule has 0 aliphatic rings. The highest BCUT2D eigenvalue weighted by Crippen LogP contribution is 2.19. The van der Waals surface area contributed by atoms with Gasteiger partial charge in [0.1, 0.15) is 0 Å². The van der Waals surface area contributed by atoms with Crippen molar-refractivity contribution < 1.29 is 4.79 Å². The highest BCUT2D eigenvalue weighted by molar-refractivity contribution is 5.90. The van der Waals surface area contributed by atoms with Crippen molar-refractivity contribution in [1.29, 1.82) is 0 Å². The van der Waals surface area contributed by atoms with E-state index in [-0.39, 0.29) is 5.91 Å². The van der Waals surface area contributed by atoms with E-state index in [1.165, 1.54) is 16.3 Å². The number of hydrogen-bond acceptors (Lipinski definition) is 1. The van der Waals surface area contributed by atoms with Gasteiger partial charge >= 0.3 is 0 Å². The average molecular weight is 328 g/mol. The number of fused-ring (bicyclic) bond motifs is 2. The first-order valence-electron chi connectivity index (χ1n) is 8.58. The minimum Gasteiger partial charge on any atom is -0.354 e. The fourth-order valence-corrected chi connectivity index (χ4v) is 3.33. The molecular weight excluding hydrogens is 308 g/mol. The van der Waals surface area contributed by atoms with Crippen molar-refractivity contribution >= 4 is 27.6 Å². The van der Waals surface area contributed by atoms with Gasteiger partial charge in [-0.05, 0) is 33.9 Å². The van der Waals surface area contributed by atoms with E-state index in [0.717, 1.165) is 17.5 Å². The van der Waals surface area contributed by atoms with E-state index in [0.29, 0.717) is 13.0 Å². The van der Waals surface area contributed by atoms with Crippen molar-refractivity contribution in [3.8, 4) is 0 Å². The molecule has 4 aromatic rings. The van der Waals surface area contributed by atoms with Crippen LogP contribution in [0, 0.1) is 0 Å². The molecule has 0 aliphatic heterocycles. The molecule has 1 heterocycles. The fourth-order valence-electron chi connectivity index (χ4n) is 3.33. The second-order valence-electron chi connectivity index (χ2n) is 6.23. The molecule has 25 heavy (non-hydrogen) atoms. The minimum absolute atomic E-state index is 0.0628. The van der Waals surface area contributed by atoms with E-state index in [4.69, 9.17) is 0 Å². The Labute approximate surface area is 146 Å². The molecule has 3 nitrogen and oxygen atoms in total. The highest BCUT2D eigenvalue weighted by atomic mass is 16.1. The van der Waals surface area contributed by atoms with Crippen molar-refractivity contribution in [2.24, 2.45) is 0 Å². The van der Waals surface area contributed by atoms with Crippen molar-refractivity contribution in [2.45, 2.75) is 13.0 Å². The van der Waals surface area contributed by atoms with Gasteiger partial charge in [0.2, 0.25) is 5.91 Å². The lowest BCUT2D eigenvalue weighted by Crippen LogP contribution is -2.28. The Morgan fingerprint density at radius 3 is 2.52 bits per heavy atom. The van der Waals surface area contributed by atoms with Gasteiger partial charge in [-0.1, -0.05) is 60.7 Å². The highest BCUT2D eigenvalue weighted by Gasteiger charge is 2.07. The third kappa shape index (κ3) is 3.26. The van der Waals surface area contributed by atoms with Gasteiger partial charge in [0.25, 0.3) is 0 Å².